The Kier molecular flexibility index (Phi) is 5.84. The highest BCUT2D eigenvalue weighted by molar-refractivity contribution is 5.96. The van der Waals surface area contributed by atoms with Gasteiger partial charge < -0.3 is 9.97 Å². The molecule has 4 aromatic heterocycles. The number of aryl methyl sites for hydroxylation is 2. The molecule has 0 spiro atoms. The monoisotopic (exact) mass is 498 g/mol. The largest absolute Gasteiger partial charge is 0.335 e. The van der Waals surface area contributed by atoms with E-state index in [1.807, 2.05) is 36.4 Å². The standard InChI is InChI=1S/C30H26N8/c1-17-13-23-27(25(19(17)3)33-15-21-9-5-7-11-31-21)37-29(35-23)30-36-24-14-18(2)20(4)26(28(24)38-30)34-16-22-10-6-8-12-32-22/h5-16H,1-4H3,(H,35,37)(H,36,38). The summed E-state index contributed by atoms with van der Waals surface area (Å²) in [4.78, 5) is 35.0. The molecule has 0 unspecified atom stereocenters. The summed E-state index contributed by atoms with van der Waals surface area (Å²) in [6, 6.07) is 15.7. The van der Waals surface area contributed by atoms with Crippen LogP contribution in [0, 0.1) is 27.7 Å². The minimum Gasteiger partial charge on any atom is -0.335 e. The predicted octanol–water partition coefficient (Wildman–Crippen LogP) is 6.63. The Labute approximate surface area is 219 Å². The van der Waals surface area contributed by atoms with Gasteiger partial charge in [-0.25, -0.2) is 9.97 Å². The summed E-state index contributed by atoms with van der Waals surface area (Å²) in [6.07, 6.45) is 7.06. The second-order valence-electron chi connectivity index (χ2n) is 9.32. The molecule has 2 aromatic carbocycles. The first-order chi connectivity index (χ1) is 18.5. The number of pyridine rings is 2. The van der Waals surface area contributed by atoms with Crippen LogP contribution in [0.3, 0.4) is 0 Å². The summed E-state index contributed by atoms with van der Waals surface area (Å²) in [5.41, 5.74) is 11.0. The number of imidazole rings is 2. The number of hydrogen-bond donors (Lipinski definition) is 2. The highest BCUT2D eigenvalue weighted by atomic mass is 15.0. The van der Waals surface area contributed by atoms with Gasteiger partial charge in [-0.2, -0.15) is 0 Å². The van der Waals surface area contributed by atoms with Gasteiger partial charge in [0.05, 0.1) is 46.2 Å². The zero-order valence-corrected chi connectivity index (χ0v) is 21.6. The van der Waals surface area contributed by atoms with Crippen molar-refractivity contribution in [1.29, 1.82) is 0 Å². The van der Waals surface area contributed by atoms with Crippen LogP contribution in [0.4, 0.5) is 11.4 Å². The number of nitrogens with one attached hydrogen (secondary N) is 2. The van der Waals surface area contributed by atoms with E-state index in [1.54, 1.807) is 24.8 Å². The SMILES string of the molecule is Cc1cc2[nH]c(-c3nc4c(N=Cc5ccccn5)c(C)c(C)cc4[nH]3)nc2c(N=Cc2ccccn2)c1C. The molecular formula is C30H26N8. The van der Waals surface area contributed by atoms with E-state index in [0.29, 0.717) is 11.6 Å². The Morgan fingerprint density at radius 1 is 0.632 bits per heavy atom. The van der Waals surface area contributed by atoms with Crippen molar-refractivity contribution in [2.24, 2.45) is 9.98 Å². The molecule has 8 nitrogen and oxygen atoms in total. The van der Waals surface area contributed by atoms with Gasteiger partial charge in [0.2, 0.25) is 0 Å². The maximum absolute atomic E-state index is 4.93. The molecule has 0 radical (unpaired) electrons. The Hall–Kier alpha value is -4.98. The molecule has 6 rings (SSSR count). The van der Waals surface area contributed by atoms with E-state index in [-0.39, 0.29) is 0 Å². The number of hydrogen-bond acceptors (Lipinski definition) is 6. The van der Waals surface area contributed by atoms with Crippen LogP contribution in [0.25, 0.3) is 33.7 Å². The molecule has 0 bridgehead atoms. The van der Waals surface area contributed by atoms with Crippen molar-refractivity contribution in [2.75, 3.05) is 0 Å². The van der Waals surface area contributed by atoms with Gasteiger partial charge in [0, 0.05) is 12.4 Å². The molecule has 4 heterocycles. The van der Waals surface area contributed by atoms with Crippen molar-refractivity contribution < 1.29 is 0 Å². The number of aromatic nitrogens is 6. The summed E-state index contributed by atoms with van der Waals surface area (Å²) in [6.45, 7) is 8.28. The van der Waals surface area contributed by atoms with Gasteiger partial charge in [0.15, 0.2) is 11.6 Å². The first-order valence-electron chi connectivity index (χ1n) is 12.4. The number of benzene rings is 2. The van der Waals surface area contributed by atoms with Gasteiger partial charge in [-0.15, -0.1) is 0 Å². The van der Waals surface area contributed by atoms with E-state index >= 15 is 0 Å². The van der Waals surface area contributed by atoms with Gasteiger partial charge in [-0.3, -0.25) is 20.0 Å². The van der Waals surface area contributed by atoms with Crippen LogP contribution in [0.1, 0.15) is 33.6 Å². The fraction of sp³-hybridized carbons (Fsp3) is 0.133. The molecule has 8 heteroatoms. The normalized spacial score (nSPS) is 12.0. The number of nitrogens with zero attached hydrogens (tertiary/aromatic N) is 6. The first kappa shape index (κ1) is 23.4. The zero-order chi connectivity index (χ0) is 26.2. The maximum Gasteiger partial charge on any atom is 0.174 e. The smallest absolute Gasteiger partial charge is 0.174 e. The van der Waals surface area contributed by atoms with E-state index in [2.05, 4.69) is 59.8 Å². The number of H-pyrrole nitrogens is 2. The highest BCUT2D eigenvalue weighted by Crippen LogP contribution is 2.35. The average Bonchev–Trinajstić information content (AvgIpc) is 3.54. The van der Waals surface area contributed by atoms with Gasteiger partial charge >= 0.3 is 0 Å². The minimum absolute atomic E-state index is 0.644. The Balaban J connectivity index is 1.46. The maximum atomic E-state index is 4.93. The predicted molar refractivity (Wildman–Crippen MR) is 153 cm³/mol. The van der Waals surface area contributed by atoms with Crippen molar-refractivity contribution in [3.05, 3.63) is 94.6 Å². The van der Waals surface area contributed by atoms with Crippen molar-refractivity contribution in [3.63, 3.8) is 0 Å². The molecule has 38 heavy (non-hydrogen) atoms. The lowest BCUT2D eigenvalue weighted by Crippen LogP contribution is -1.88. The third-order valence-corrected chi connectivity index (χ3v) is 6.78. The Bertz CT molecular complexity index is 1710. The fourth-order valence-corrected chi connectivity index (χ4v) is 4.43. The van der Waals surface area contributed by atoms with E-state index < -0.39 is 0 Å². The molecule has 0 aliphatic carbocycles. The van der Waals surface area contributed by atoms with Crippen LogP contribution in [-0.2, 0) is 0 Å². The third kappa shape index (κ3) is 4.26. The van der Waals surface area contributed by atoms with E-state index in [0.717, 1.165) is 67.1 Å². The van der Waals surface area contributed by atoms with Crippen LogP contribution >= 0.6 is 0 Å². The van der Waals surface area contributed by atoms with Gasteiger partial charge in [-0.05, 0) is 86.3 Å². The van der Waals surface area contributed by atoms with Crippen LogP contribution in [0.5, 0.6) is 0 Å². The van der Waals surface area contributed by atoms with Gasteiger partial charge in [-0.1, -0.05) is 12.1 Å². The van der Waals surface area contributed by atoms with Crippen LogP contribution < -0.4 is 0 Å². The van der Waals surface area contributed by atoms with Crippen molar-refractivity contribution >= 4 is 45.9 Å². The lowest BCUT2D eigenvalue weighted by molar-refractivity contribution is 1.22. The molecule has 0 saturated heterocycles. The zero-order valence-electron chi connectivity index (χ0n) is 21.6. The van der Waals surface area contributed by atoms with E-state index in [1.165, 1.54) is 0 Å². The molecule has 0 atom stereocenters. The van der Waals surface area contributed by atoms with Crippen LogP contribution in [0.15, 0.2) is 70.9 Å². The minimum atomic E-state index is 0.644. The molecule has 186 valence electrons. The fourth-order valence-electron chi connectivity index (χ4n) is 4.43. The summed E-state index contributed by atoms with van der Waals surface area (Å²) < 4.78 is 0. The molecule has 0 fully saturated rings. The lowest BCUT2D eigenvalue weighted by atomic mass is 10.1. The highest BCUT2D eigenvalue weighted by Gasteiger charge is 2.18. The molecule has 0 saturated carbocycles. The number of aliphatic imine (C=N–C) groups is 2. The lowest BCUT2D eigenvalue weighted by Gasteiger charge is -2.05. The van der Waals surface area contributed by atoms with Crippen molar-refractivity contribution in [3.8, 4) is 11.6 Å². The topological polar surface area (TPSA) is 108 Å². The van der Waals surface area contributed by atoms with E-state index in [4.69, 9.17) is 20.0 Å². The summed E-state index contributed by atoms with van der Waals surface area (Å²) in [7, 11) is 0. The van der Waals surface area contributed by atoms with Crippen LogP contribution in [0.2, 0.25) is 0 Å². The summed E-state index contributed by atoms with van der Waals surface area (Å²) >= 11 is 0. The molecule has 0 aliphatic rings. The Morgan fingerprint density at radius 2 is 1.08 bits per heavy atom. The number of rotatable bonds is 5. The van der Waals surface area contributed by atoms with Gasteiger partial charge in [0.1, 0.15) is 11.0 Å². The van der Waals surface area contributed by atoms with Gasteiger partial charge in [0.25, 0.3) is 0 Å². The molecule has 6 aromatic rings. The quantitative estimate of drug-likeness (QED) is 0.260. The average molecular weight is 499 g/mol. The molecule has 0 amide bonds. The number of fused-ring (bicyclic) bond motifs is 2. The first-order valence-corrected chi connectivity index (χ1v) is 12.4. The second-order valence-corrected chi connectivity index (χ2v) is 9.32. The summed E-state index contributed by atoms with van der Waals surface area (Å²) in [5, 5.41) is 0. The summed E-state index contributed by atoms with van der Waals surface area (Å²) in [5.74, 6) is 1.29. The Morgan fingerprint density at radius 3 is 1.47 bits per heavy atom. The molecule has 0 aliphatic heterocycles. The third-order valence-electron chi connectivity index (χ3n) is 6.78. The molecular weight excluding hydrogens is 472 g/mol. The van der Waals surface area contributed by atoms with E-state index in [9.17, 15) is 0 Å². The van der Waals surface area contributed by atoms with Crippen molar-refractivity contribution in [1.82, 2.24) is 29.9 Å². The van der Waals surface area contributed by atoms with Crippen LogP contribution in [-0.4, -0.2) is 42.3 Å². The number of aromatic amines is 2. The second kappa shape index (κ2) is 9.48. The molecule has 2 N–H and O–H groups in total. The van der Waals surface area contributed by atoms with Crippen molar-refractivity contribution in [2.45, 2.75) is 27.7 Å².